The van der Waals surface area contributed by atoms with Gasteiger partial charge in [0.05, 0.1) is 5.92 Å². The summed E-state index contributed by atoms with van der Waals surface area (Å²) >= 11 is 0. The highest BCUT2D eigenvalue weighted by atomic mass is 35.5. The lowest BCUT2D eigenvalue weighted by Crippen LogP contribution is -2.53. The van der Waals surface area contributed by atoms with Crippen LogP contribution in [0.1, 0.15) is 25.7 Å². The lowest BCUT2D eigenvalue weighted by molar-refractivity contribution is -0.187. The molecule has 7 heteroatoms. The van der Waals surface area contributed by atoms with E-state index in [2.05, 4.69) is 4.90 Å². The zero-order valence-corrected chi connectivity index (χ0v) is 11.1. The number of likely N-dealkylation sites (tertiary alicyclic amines) is 1. The Morgan fingerprint density at radius 2 is 1.47 bits per heavy atom. The minimum absolute atomic E-state index is 0. The Balaban J connectivity index is 0.00000128. The summed E-state index contributed by atoms with van der Waals surface area (Å²) in [5, 5.41) is 0. The molecule has 0 unspecified atom stereocenters. The molecule has 0 amide bonds. The molecule has 2 aliphatic rings. The number of nitrogens with zero attached hydrogens (tertiary/aromatic N) is 1. The minimum atomic E-state index is -4.00. The summed E-state index contributed by atoms with van der Waals surface area (Å²) in [6.45, 7) is 1.17. The van der Waals surface area contributed by atoms with Crippen LogP contribution in [0, 0.1) is 5.92 Å². The first-order chi connectivity index (χ1) is 6.97. The average Bonchev–Trinajstić information content (AvgIpc) is 2.12. The third-order valence-electron chi connectivity index (χ3n) is 3.66. The first-order valence-corrected chi connectivity index (χ1v) is 5.53. The van der Waals surface area contributed by atoms with Gasteiger partial charge in [-0.1, -0.05) is 0 Å². The lowest BCUT2D eigenvalue weighted by Gasteiger charge is -2.44. The quantitative estimate of drug-likeness (QED) is 0.805. The molecule has 0 spiro atoms. The maximum atomic E-state index is 12.4. The topological polar surface area (TPSA) is 29.3 Å². The van der Waals surface area contributed by atoms with E-state index in [1.165, 1.54) is 0 Å². The molecule has 104 valence electrons. The van der Waals surface area contributed by atoms with Crippen molar-refractivity contribution in [1.29, 1.82) is 0 Å². The fourth-order valence-corrected chi connectivity index (χ4v) is 2.52. The molecule has 0 aromatic heterocycles. The Morgan fingerprint density at radius 1 is 1.00 bits per heavy atom. The van der Waals surface area contributed by atoms with Gasteiger partial charge in [-0.05, 0) is 38.8 Å². The Bertz CT molecular complexity index is 224. The molecule has 1 heterocycles. The second-order valence-corrected chi connectivity index (χ2v) is 4.74. The highest BCUT2D eigenvalue weighted by Gasteiger charge is 2.43. The van der Waals surface area contributed by atoms with Crippen LogP contribution in [0.15, 0.2) is 0 Å². The van der Waals surface area contributed by atoms with Crippen LogP contribution in [-0.2, 0) is 0 Å². The van der Waals surface area contributed by atoms with Crippen molar-refractivity contribution in [2.24, 2.45) is 11.7 Å². The normalized spacial score (nSPS) is 31.1. The summed E-state index contributed by atoms with van der Waals surface area (Å²) in [5.41, 5.74) is 5.67. The average molecular weight is 295 g/mol. The van der Waals surface area contributed by atoms with E-state index < -0.39 is 12.1 Å². The molecule has 0 aromatic rings. The molecule has 2 nitrogen and oxygen atoms in total. The van der Waals surface area contributed by atoms with Crippen molar-refractivity contribution >= 4 is 24.8 Å². The van der Waals surface area contributed by atoms with Gasteiger partial charge in [-0.25, -0.2) is 0 Å². The Hall–Kier alpha value is 0.290. The predicted octanol–water partition coefficient (Wildman–Crippen LogP) is 2.59. The van der Waals surface area contributed by atoms with Gasteiger partial charge in [0.15, 0.2) is 0 Å². The van der Waals surface area contributed by atoms with Gasteiger partial charge >= 0.3 is 6.18 Å². The van der Waals surface area contributed by atoms with E-state index in [4.69, 9.17) is 5.73 Å². The van der Waals surface area contributed by atoms with Crippen molar-refractivity contribution in [3.63, 3.8) is 0 Å². The second-order valence-electron chi connectivity index (χ2n) is 4.74. The molecule has 1 aliphatic carbocycles. The summed E-state index contributed by atoms with van der Waals surface area (Å²) < 4.78 is 37.2. The SMILES string of the molecule is Cl.Cl.NC1CC(N2CCC(C(F)(F)F)CC2)C1. The number of alkyl halides is 3. The van der Waals surface area contributed by atoms with Crippen LogP contribution in [0.5, 0.6) is 0 Å². The van der Waals surface area contributed by atoms with E-state index in [0.29, 0.717) is 19.1 Å². The Morgan fingerprint density at radius 3 is 1.82 bits per heavy atom. The van der Waals surface area contributed by atoms with Crippen LogP contribution < -0.4 is 5.73 Å². The summed E-state index contributed by atoms with van der Waals surface area (Å²) in [7, 11) is 0. The van der Waals surface area contributed by atoms with Crippen molar-refractivity contribution < 1.29 is 13.2 Å². The monoisotopic (exact) mass is 294 g/mol. The smallest absolute Gasteiger partial charge is 0.328 e. The van der Waals surface area contributed by atoms with Crippen molar-refractivity contribution in [2.75, 3.05) is 13.1 Å². The number of piperidine rings is 1. The largest absolute Gasteiger partial charge is 0.391 e. The number of rotatable bonds is 1. The van der Waals surface area contributed by atoms with Gasteiger partial charge in [0.25, 0.3) is 0 Å². The van der Waals surface area contributed by atoms with Crippen molar-refractivity contribution in [3.8, 4) is 0 Å². The summed E-state index contributed by atoms with van der Waals surface area (Å²) in [5.74, 6) is -1.08. The molecule has 1 aliphatic heterocycles. The Kier molecular flexibility index (Phi) is 6.56. The first-order valence-electron chi connectivity index (χ1n) is 5.53. The van der Waals surface area contributed by atoms with Crippen LogP contribution in [0.25, 0.3) is 0 Å². The standard InChI is InChI=1S/C10H17F3N2.2ClH/c11-10(12,13)7-1-3-15(4-2-7)9-5-8(14)6-9;;/h7-9H,1-6,14H2;2*1H. The highest BCUT2D eigenvalue weighted by Crippen LogP contribution is 2.36. The molecule has 2 N–H and O–H groups in total. The van der Waals surface area contributed by atoms with Gasteiger partial charge in [-0.2, -0.15) is 13.2 Å². The van der Waals surface area contributed by atoms with E-state index in [0.717, 1.165) is 12.8 Å². The van der Waals surface area contributed by atoms with Crippen LogP contribution in [-0.4, -0.2) is 36.2 Å². The molecular weight excluding hydrogens is 276 g/mol. The highest BCUT2D eigenvalue weighted by molar-refractivity contribution is 5.85. The summed E-state index contributed by atoms with van der Waals surface area (Å²) in [6, 6.07) is 0.726. The van der Waals surface area contributed by atoms with Crippen LogP contribution in [0.4, 0.5) is 13.2 Å². The van der Waals surface area contributed by atoms with Crippen molar-refractivity contribution in [1.82, 2.24) is 4.90 Å². The number of hydrogen-bond donors (Lipinski definition) is 1. The molecule has 0 aromatic carbocycles. The van der Waals surface area contributed by atoms with Gasteiger partial charge in [0.2, 0.25) is 0 Å². The lowest BCUT2D eigenvalue weighted by atomic mass is 9.84. The maximum Gasteiger partial charge on any atom is 0.391 e. The molecule has 0 atom stereocenters. The van der Waals surface area contributed by atoms with Gasteiger partial charge in [-0.15, -0.1) is 24.8 Å². The van der Waals surface area contributed by atoms with Gasteiger partial charge in [0.1, 0.15) is 0 Å². The number of hydrogen-bond acceptors (Lipinski definition) is 2. The second kappa shape index (κ2) is 6.45. The number of halogens is 5. The molecule has 17 heavy (non-hydrogen) atoms. The van der Waals surface area contributed by atoms with E-state index in [1.54, 1.807) is 0 Å². The van der Waals surface area contributed by atoms with E-state index >= 15 is 0 Å². The first kappa shape index (κ1) is 17.3. The van der Waals surface area contributed by atoms with Crippen molar-refractivity contribution in [3.05, 3.63) is 0 Å². The third-order valence-corrected chi connectivity index (χ3v) is 3.66. The van der Waals surface area contributed by atoms with E-state index in [1.807, 2.05) is 0 Å². The summed E-state index contributed by atoms with van der Waals surface area (Å²) in [4.78, 5) is 2.17. The predicted molar refractivity (Wildman–Crippen MR) is 65.8 cm³/mol. The van der Waals surface area contributed by atoms with Crippen LogP contribution in [0.3, 0.4) is 0 Å². The van der Waals surface area contributed by atoms with Gasteiger partial charge < -0.3 is 10.6 Å². The van der Waals surface area contributed by atoms with E-state index in [9.17, 15) is 13.2 Å². The van der Waals surface area contributed by atoms with Gasteiger partial charge in [0, 0.05) is 12.1 Å². The number of nitrogens with two attached hydrogens (primary N) is 1. The fraction of sp³-hybridized carbons (Fsp3) is 1.00. The van der Waals surface area contributed by atoms with E-state index in [-0.39, 0.29) is 43.7 Å². The minimum Gasteiger partial charge on any atom is -0.328 e. The molecule has 1 saturated carbocycles. The maximum absolute atomic E-state index is 12.4. The zero-order valence-electron chi connectivity index (χ0n) is 9.45. The molecule has 1 saturated heterocycles. The van der Waals surface area contributed by atoms with Crippen LogP contribution in [0.2, 0.25) is 0 Å². The molecule has 2 fully saturated rings. The Labute approximate surface area is 112 Å². The molecule has 0 radical (unpaired) electrons. The fourth-order valence-electron chi connectivity index (χ4n) is 2.52. The zero-order chi connectivity index (χ0) is 11.1. The third kappa shape index (κ3) is 4.16. The van der Waals surface area contributed by atoms with Crippen molar-refractivity contribution in [2.45, 2.75) is 43.9 Å². The molecule has 0 bridgehead atoms. The van der Waals surface area contributed by atoms with Crippen LogP contribution >= 0.6 is 24.8 Å². The van der Waals surface area contributed by atoms with Gasteiger partial charge in [-0.3, -0.25) is 0 Å². The molecule has 2 rings (SSSR count). The molecular formula is C10H19Cl2F3N2. The summed E-state index contributed by atoms with van der Waals surface area (Å²) in [6.07, 6.45) is -1.57.